The largest absolute Gasteiger partial charge is 0.389 e. The lowest BCUT2D eigenvalue weighted by atomic mass is 10.2. The molecule has 7 nitrogen and oxygen atoms in total. The first kappa shape index (κ1) is 18.7. The summed E-state index contributed by atoms with van der Waals surface area (Å²) in [7, 11) is 0. The van der Waals surface area contributed by atoms with Crippen LogP contribution in [0.3, 0.4) is 0 Å². The molecule has 3 heterocycles. The Balaban J connectivity index is 1.53. The number of carbonyl (C=O) groups is 1. The maximum absolute atomic E-state index is 12.5. The van der Waals surface area contributed by atoms with Crippen LogP contribution in [0.4, 0.5) is 23.9 Å². The molecule has 0 N–H and O–H groups in total. The van der Waals surface area contributed by atoms with Gasteiger partial charge in [0.1, 0.15) is 0 Å². The van der Waals surface area contributed by atoms with Crippen LogP contribution in [-0.4, -0.2) is 84.5 Å². The molecule has 0 spiro atoms. The van der Waals surface area contributed by atoms with Gasteiger partial charge in [-0.15, -0.1) is 0 Å². The van der Waals surface area contributed by atoms with Crippen molar-refractivity contribution in [1.82, 2.24) is 19.8 Å². The van der Waals surface area contributed by atoms with Crippen molar-refractivity contribution < 1.29 is 22.7 Å². The second kappa shape index (κ2) is 8.07. The SMILES string of the molecule is O=C(N1CCOCC1)N1CCN(c2nccc(CCC(F)(F)F)n2)CC1. The van der Waals surface area contributed by atoms with E-state index in [1.54, 1.807) is 9.80 Å². The summed E-state index contributed by atoms with van der Waals surface area (Å²) in [5.41, 5.74) is 0.374. The molecule has 26 heavy (non-hydrogen) atoms. The van der Waals surface area contributed by atoms with Gasteiger partial charge in [0.2, 0.25) is 5.95 Å². The molecule has 0 saturated carbocycles. The zero-order valence-corrected chi connectivity index (χ0v) is 14.4. The molecular weight excluding hydrogens is 351 g/mol. The fourth-order valence-electron chi connectivity index (χ4n) is 3.00. The number of ether oxygens (including phenoxy) is 1. The number of urea groups is 1. The second-order valence-corrected chi connectivity index (χ2v) is 6.32. The third kappa shape index (κ3) is 4.96. The second-order valence-electron chi connectivity index (χ2n) is 6.32. The van der Waals surface area contributed by atoms with E-state index in [2.05, 4.69) is 9.97 Å². The van der Waals surface area contributed by atoms with Gasteiger partial charge in [0.25, 0.3) is 0 Å². The molecule has 3 rings (SSSR count). The van der Waals surface area contributed by atoms with Crippen LogP contribution in [0.1, 0.15) is 12.1 Å². The summed E-state index contributed by atoms with van der Waals surface area (Å²) in [6.07, 6.45) is -3.77. The molecule has 0 unspecified atom stereocenters. The summed E-state index contributed by atoms with van der Waals surface area (Å²) in [6, 6.07) is 1.51. The zero-order valence-electron chi connectivity index (χ0n) is 14.4. The van der Waals surface area contributed by atoms with Gasteiger partial charge < -0.3 is 19.4 Å². The van der Waals surface area contributed by atoms with Crippen LogP contribution in [0.15, 0.2) is 12.3 Å². The van der Waals surface area contributed by atoms with Crippen molar-refractivity contribution in [3.63, 3.8) is 0 Å². The Labute approximate surface area is 149 Å². The van der Waals surface area contributed by atoms with E-state index in [1.165, 1.54) is 12.3 Å². The summed E-state index contributed by atoms with van der Waals surface area (Å²) in [6.45, 7) is 4.50. The molecule has 2 saturated heterocycles. The van der Waals surface area contributed by atoms with E-state index in [4.69, 9.17) is 4.74 Å². The van der Waals surface area contributed by atoms with Crippen molar-refractivity contribution in [2.24, 2.45) is 0 Å². The third-order valence-corrected chi connectivity index (χ3v) is 4.48. The maximum Gasteiger partial charge on any atom is 0.389 e. The third-order valence-electron chi connectivity index (χ3n) is 4.48. The number of hydrogen-bond donors (Lipinski definition) is 0. The quantitative estimate of drug-likeness (QED) is 0.805. The minimum atomic E-state index is -4.20. The normalized spacial score (nSPS) is 19.0. The molecule has 0 aromatic carbocycles. The Morgan fingerprint density at radius 3 is 2.38 bits per heavy atom. The summed E-state index contributed by atoms with van der Waals surface area (Å²) < 4.78 is 42.4. The molecule has 1 aromatic rings. The molecule has 2 aliphatic rings. The van der Waals surface area contributed by atoms with Crippen LogP contribution in [0.25, 0.3) is 0 Å². The van der Waals surface area contributed by atoms with Crippen molar-refractivity contribution in [2.45, 2.75) is 19.0 Å². The number of morpholine rings is 1. The topological polar surface area (TPSA) is 61.8 Å². The van der Waals surface area contributed by atoms with Crippen LogP contribution in [0.2, 0.25) is 0 Å². The van der Waals surface area contributed by atoms with E-state index in [9.17, 15) is 18.0 Å². The van der Waals surface area contributed by atoms with Gasteiger partial charge in [-0.25, -0.2) is 14.8 Å². The van der Waals surface area contributed by atoms with Crippen LogP contribution in [0, 0.1) is 0 Å². The van der Waals surface area contributed by atoms with E-state index < -0.39 is 12.6 Å². The van der Waals surface area contributed by atoms with Crippen molar-refractivity contribution in [1.29, 1.82) is 0 Å². The molecule has 2 fully saturated rings. The van der Waals surface area contributed by atoms with Crippen LogP contribution >= 0.6 is 0 Å². The van der Waals surface area contributed by atoms with E-state index in [0.717, 1.165) is 0 Å². The molecular formula is C16H22F3N5O2. The summed E-state index contributed by atoms with van der Waals surface area (Å²) in [5.74, 6) is 0.420. The Bertz CT molecular complexity index is 614. The van der Waals surface area contributed by atoms with Gasteiger partial charge in [0, 0.05) is 57.6 Å². The van der Waals surface area contributed by atoms with Crippen molar-refractivity contribution in [3.8, 4) is 0 Å². The van der Waals surface area contributed by atoms with Gasteiger partial charge in [0.15, 0.2) is 0 Å². The fourth-order valence-corrected chi connectivity index (χ4v) is 3.00. The first-order chi connectivity index (χ1) is 12.4. The van der Waals surface area contributed by atoms with Crippen LogP contribution in [0.5, 0.6) is 0 Å². The number of anilines is 1. The lowest BCUT2D eigenvalue weighted by molar-refractivity contribution is -0.134. The van der Waals surface area contributed by atoms with E-state index in [-0.39, 0.29) is 12.5 Å². The lowest BCUT2D eigenvalue weighted by Gasteiger charge is -2.38. The molecule has 0 atom stereocenters. The number of piperazine rings is 1. The Kier molecular flexibility index (Phi) is 5.80. The van der Waals surface area contributed by atoms with Gasteiger partial charge in [-0.05, 0) is 12.5 Å². The Hall–Kier alpha value is -2.10. The summed E-state index contributed by atoms with van der Waals surface area (Å²) in [4.78, 5) is 26.4. The molecule has 10 heteroatoms. The lowest BCUT2D eigenvalue weighted by Crippen LogP contribution is -2.55. The Morgan fingerprint density at radius 2 is 1.73 bits per heavy atom. The molecule has 2 aliphatic heterocycles. The van der Waals surface area contributed by atoms with Gasteiger partial charge >= 0.3 is 12.2 Å². The highest BCUT2D eigenvalue weighted by atomic mass is 19.4. The average Bonchev–Trinajstić information content (AvgIpc) is 2.66. The first-order valence-electron chi connectivity index (χ1n) is 8.67. The van der Waals surface area contributed by atoms with Gasteiger partial charge in [-0.2, -0.15) is 13.2 Å². The molecule has 0 aliphatic carbocycles. The number of carbonyl (C=O) groups excluding carboxylic acids is 1. The minimum absolute atomic E-state index is 0.00722. The summed E-state index contributed by atoms with van der Waals surface area (Å²) >= 11 is 0. The van der Waals surface area contributed by atoms with Gasteiger partial charge in [0.05, 0.1) is 13.2 Å². The minimum Gasteiger partial charge on any atom is -0.378 e. The number of nitrogens with zero attached hydrogens (tertiary/aromatic N) is 5. The van der Waals surface area contributed by atoms with Crippen molar-refractivity contribution in [2.75, 3.05) is 57.4 Å². The van der Waals surface area contributed by atoms with Gasteiger partial charge in [-0.3, -0.25) is 0 Å². The number of halogens is 3. The molecule has 0 bridgehead atoms. The maximum atomic E-state index is 12.5. The predicted octanol–water partition coefficient (Wildman–Crippen LogP) is 1.55. The molecule has 2 amide bonds. The monoisotopic (exact) mass is 373 g/mol. The fraction of sp³-hybridized carbons (Fsp3) is 0.688. The van der Waals surface area contributed by atoms with Gasteiger partial charge in [-0.1, -0.05) is 0 Å². The molecule has 144 valence electrons. The van der Waals surface area contributed by atoms with Crippen LogP contribution < -0.4 is 4.90 Å². The predicted molar refractivity (Wildman–Crippen MR) is 88.0 cm³/mol. The van der Waals surface area contributed by atoms with Crippen LogP contribution in [-0.2, 0) is 11.2 Å². The number of aromatic nitrogens is 2. The highest BCUT2D eigenvalue weighted by Gasteiger charge is 2.28. The smallest absolute Gasteiger partial charge is 0.378 e. The number of hydrogen-bond acceptors (Lipinski definition) is 5. The standard InChI is InChI=1S/C16H22F3N5O2/c17-16(18,19)3-1-13-2-4-20-14(21-13)22-5-7-23(8-6-22)15(25)24-9-11-26-12-10-24/h2,4H,1,3,5-12H2. The number of rotatable bonds is 3. The van der Waals surface area contributed by atoms with E-state index in [0.29, 0.717) is 64.1 Å². The molecule has 1 aromatic heterocycles. The first-order valence-corrected chi connectivity index (χ1v) is 8.67. The number of amides is 2. The van der Waals surface area contributed by atoms with Crippen molar-refractivity contribution in [3.05, 3.63) is 18.0 Å². The zero-order chi connectivity index (χ0) is 18.6. The average molecular weight is 373 g/mol. The van der Waals surface area contributed by atoms with E-state index >= 15 is 0 Å². The summed E-state index contributed by atoms with van der Waals surface area (Å²) in [5, 5.41) is 0. The number of alkyl halides is 3. The number of aryl methyl sites for hydroxylation is 1. The molecule has 0 radical (unpaired) electrons. The highest BCUT2D eigenvalue weighted by Crippen LogP contribution is 2.22. The highest BCUT2D eigenvalue weighted by molar-refractivity contribution is 5.74. The van der Waals surface area contributed by atoms with Crippen molar-refractivity contribution >= 4 is 12.0 Å². The Morgan fingerprint density at radius 1 is 1.08 bits per heavy atom. The van der Waals surface area contributed by atoms with E-state index in [1.807, 2.05) is 4.90 Å².